The van der Waals surface area contributed by atoms with Crippen LogP contribution in [0.2, 0.25) is 0 Å². The molecule has 1 fully saturated rings. The van der Waals surface area contributed by atoms with Crippen molar-refractivity contribution in [3.8, 4) is 11.8 Å². The minimum atomic E-state index is -0.000409. The number of nitrogens with two attached hydrogens (primary N) is 1. The second kappa shape index (κ2) is 11.0. The number of hydrogen-bond donors (Lipinski definition) is 2. The number of benzene rings is 2. The third kappa shape index (κ3) is 6.73. The predicted octanol–water partition coefficient (Wildman–Crippen LogP) is 4.43. The summed E-state index contributed by atoms with van der Waals surface area (Å²) in [5.41, 5.74) is 8.32. The highest BCUT2D eigenvalue weighted by molar-refractivity contribution is 5.83. The van der Waals surface area contributed by atoms with Crippen LogP contribution < -0.4 is 15.8 Å². The summed E-state index contributed by atoms with van der Waals surface area (Å²) < 4.78 is 5.89. The van der Waals surface area contributed by atoms with E-state index in [9.17, 15) is 5.26 Å². The van der Waals surface area contributed by atoms with Gasteiger partial charge in [-0.15, -0.1) is 0 Å². The fraction of sp³-hybridized carbons (Fsp3) is 0.462. The smallest absolute Gasteiger partial charge is 0.199 e. The SMILES string of the molecule is CC1CCCN(/C(=N\c2ccc(OCc3ccccc3C#N)cc2)NCC(C)(C)CN)C1. The first-order valence-electron chi connectivity index (χ1n) is 11.4. The molecule has 2 aromatic rings. The molecule has 170 valence electrons. The monoisotopic (exact) mass is 433 g/mol. The van der Waals surface area contributed by atoms with E-state index in [0.717, 1.165) is 42.6 Å². The summed E-state index contributed by atoms with van der Waals surface area (Å²) in [6.45, 7) is 10.4. The van der Waals surface area contributed by atoms with E-state index in [1.54, 1.807) is 6.07 Å². The van der Waals surface area contributed by atoms with E-state index in [-0.39, 0.29) is 5.41 Å². The standard InChI is InChI=1S/C26H35N5O/c1-20-7-6-14-31(16-20)25(29-19-26(2,3)18-28)30-23-10-12-24(13-11-23)32-17-22-9-5-4-8-21(22)15-27/h4-5,8-13,20H,6-7,14,16-19,28H2,1-3H3,(H,29,30). The molecule has 0 aromatic heterocycles. The number of nitrogens with zero attached hydrogens (tertiary/aromatic N) is 3. The van der Waals surface area contributed by atoms with Crippen molar-refractivity contribution in [2.45, 2.75) is 40.2 Å². The molecule has 1 atom stereocenters. The van der Waals surface area contributed by atoms with Gasteiger partial charge in [-0.3, -0.25) is 0 Å². The molecule has 32 heavy (non-hydrogen) atoms. The fourth-order valence-electron chi connectivity index (χ4n) is 3.65. The average molecular weight is 434 g/mol. The van der Waals surface area contributed by atoms with Crippen LogP contribution in [0.1, 0.15) is 44.7 Å². The van der Waals surface area contributed by atoms with Crippen molar-refractivity contribution in [2.24, 2.45) is 22.1 Å². The van der Waals surface area contributed by atoms with E-state index in [1.165, 1.54) is 12.8 Å². The highest BCUT2D eigenvalue weighted by atomic mass is 16.5. The second-order valence-corrected chi connectivity index (χ2v) is 9.40. The molecule has 1 unspecified atom stereocenters. The van der Waals surface area contributed by atoms with Crippen LogP contribution in [0.3, 0.4) is 0 Å². The molecule has 1 saturated heterocycles. The van der Waals surface area contributed by atoms with E-state index >= 15 is 0 Å². The van der Waals surface area contributed by atoms with Gasteiger partial charge in [0.05, 0.1) is 17.3 Å². The van der Waals surface area contributed by atoms with Gasteiger partial charge in [0.25, 0.3) is 0 Å². The lowest BCUT2D eigenvalue weighted by molar-refractivity contribution is 0.261. The highest BCUT2D eigenvalue weighted by Gasteiger charge is 2.22. The summed E-state index contributed by atoms with van der Waals surface area (Å²) in [7, 11) is 0. The number of piperidine rings is 1. The lowest BCUT2D eigenvalue weighted by atomic mass is 9.94. The highest BCUT2D eigenvalue weighted by Crippen LogP contribution is 2.22. The van der Waals surface area contributed by atoms with Crippen molar-refractivity contribution >= 4 is 11.6 Å². The Kier molecular flexibility index (Phi) is 8.13. The van der Waals surface area contributed by atoms with Crippen LogP contribution in [-0.2, 0) is 6.61 Å². The molecule has 1 heterocycles. The Morgan fingerprint density at radius 2 is 2.00 bits per heavy atom. The Bertz CT molecular complexity index is 945. The van der Waals surface area contributed by atoms with Crippen LogP contribution >= 0.6 is 0 Å². The summed E-state index contributed by atoms with van der Waals surface area (Å²) in [6, 6.07) is 17.5. The zero-order valence-electron chi connectivity index (χ0n) is 19.5. The van der Waals surface area contributed by atoms with E-state index in [1.807, 2.05) is 42.5 Å². The first-order valence-corrected chi connectivity index (χ1v) is 11.4. The van der Waals surface area contributed by atoms with Gasteiger partial charge in [0.1, 0.15) is 12.4 Å². The molecule has 3 N–H and O–H groups in total. The van der Waals surface area contributed by atoms with Crippen molar-refractivity contribution < 1.29 is 4.74 Å². The Labute approximate surface area is 192 Å². The van der Waals surface area contributed by atoms with Crippen LogP contribution in [0.4, 0.5) is 5.69 Å². The molecule has 6 nitrogen and oxygen atoms in total. The van der Waals surface area contributed by atoms with Gasteiger partial charge in [0.2, 0.25) is 0 Å². The molecule has 0 saturated carbocycles. The third-order valence-electron chi connectivity index (χ3n) is 5.84. The molecule has 0 spiro atoms. The fourth-order valence-corrected chi connectivity index (χ4v) is 3.65. The van der Waals surface area contributed by atoms with Gasteiger partial charge < -0.3 is 20.7 Å². The van der Waals surface area contributed by atoms with Gasteiger partial charge in [-0.25, -0.2) is 4.99 Å². The maximum Gasteiger partial charge on any atom is 0.199 e. The number of aliphatic imine (C=N–C) groups is 1. The zero-order valence-corrected chi connectivity index (χ0v) is 19.5. The van der Waals surface area contributed by atoms with Crippen molar-refractivity contribution in [3.05, 3.63) is 59.7 Å². The number of nitriles is 1. The van der Waals surface area contributed by atoms with E-state index in [0.29, 0.717) is 24.6 Å². The molecule has 1 aliphatic rings. The minimum Gasteiger partial charge on any atom is -0.489 e. The Balaban J connectivity index is 1.71. The Morgan fingerprint density at radius 1 is 1.25 bits per heavy atom. The Hall–Kier alpha value is -3.04. The minimum absolute atomic E-state index is 0.000409. The van der Waals surface area contributed by atoms with Gasteiger partial charge in [0, 0.05) is 25.2 Å². The van der Waals surface area contributed by atoms with Crippen molar-refractivity contribution in [1.82, 2.24) is 10.2 Å². The lowest BCUT2D eigenvalue weighted by Crippen LogP contribution is -2.49. The summed E-state index contributed by atoms with van der Waals surface area (Å²) in [6.07, 6.45) is 2.44. The third-order valence-corrected chi connectivity index (χ3v) is 5.84. The molecule has 3 rings (SSSR count). The van der Waals surface area contributed by atoms with E-state index < -0.39 is 0 Å². The molecule has 0 radical (unpaired) electrons. The Morgan fingerprint density at radius 3 is 2.69 bits per heavy atom. The number of guanidine groups is 1. The predicted molar refractivity (Wildman–Crippen MR) is 130 cm³/mol. The van der Waals surface area contributed by atoms with Crippen LogP contribution in [-0.4, -0.2) is 37.0 Å². The quantitative estimate of drug-likeness (QED) is 0.498. The summed E-state index contributed by atoms with van der Waals surface area (Å²) in [4.78, 5) is 7.28. The summed E-state index contributed by atoms with van der Waals surface area (Å²) in [5.74, 6) is 2.32. The van der Waals surface area contributed by atoms with Crippen molar-refractivity contribution in [3.63, 3.8) is 0 Å². The molecule has 0 aliphatic carbocycles. The number of ether oxygens (including phenoxy) is 1. The first-order chi connectivity index (χ1) is 15.4. The molecule has 0 amide bonds. The largest absolute Gasteiger partial charge is 0.489 e. The van der Waals surface area contributed by atoms with Crippen molar-refractivity contribution in [1.29, 1.82) is 5.26 Å². The molecule has 6 heteroatoms. The van der Waals surface area contributed by atoms with Crippen LogP contribution in [0, 0.1) is 22.7 Å². The molecular weight excluding hydrogens is 398 g/mol. The van der Waals surface area contributed by atoms with E-state index in [2.05, 4.69) is 37.1 Å². The second-order valence-electron chi connectivity index (χ2n) is 9.40. The molecular formula is C26H35N5O. The van der Waals surface area contributed by atoms with E-state index in [4.69, 9.17) is 15.5 Å². The molecule has 1 aliphatic heterocycles. The van der Waals surface area contributed by atoms with Gasteiger partial charge in [-0.05, 0) is 61.1 Å². The zero-order chi connectivity index (χ0) is 23.0. The summed E-state index contributed by atoms with van der Waals surface area (Å²) >= 11 is 0. The summed E-state index contributed by atoms with van der Waals surface area (Å²) in [5, 5.41) is 12.8. The molecule has 0 bridgehead atoms. The number of rotatable bonds is 7. The lowest BCUT2D eigenvalue weighted by Gasteiger charge is -2.35. The van der Waals surface area contributed by atoms with Crippen molar-refractivity contribution in [2.75, 3.05) is 26.2 Å². The van der Waals surface area contributed by atoms with Gasteiger partial charge in [-0.1, -0.05) is 39.0 Å². The maximum absolute atomic E-state index is 9.23. The van der Waals surface area contributed by atoms with Gasteiger partial charge >= 0.3 is 0 Å². The van der Waals surface area contributed by atoms with Crippen LogP contribution in [0.5, 0.6) is 5.75 Å². The van der Waals surface area contributed by atoms with Crippen LogP contribution in [0.25, 0.3) is 0 Å². The van der Waals surface area contributed by atoms with Crippen LogP contribution in [0.15, 0.2) is 53.5 Å². The first kappa shape index (κ1) is 23.6. The normalized spacial score (nSPS) is 17.0. The number of nitrogens with one attached hydrogen (secondary N) is 1. The van der Waals surface area contributed by atoms with Gasteiger partial charge in [-0.2, -0.15) is 5.26 Å². The topological polar surface area (TPSA) is 86.7 Å². The average Bonchev–Trinajstić information content (AvgIpc) is 2.81. The number of hydrogen-bond acceptors (Lipinski definition) is 4. The maximum atomic E-state index is 9.23. The van der Waals surface area contributed by atoms with Gasteiger partial charge in [0.15, 0.2) is 5.96 Å². The molecule has 2 aromatic carbocycles. The number of likely N-dealkylation sites (tertiary alicyclic amines) is 1.